The van der Waals surface area contributed by atoms with Gasteiger partial charge in [0.2, 0.25) is 9.84 Å². The molecule has 1 saturated heterocycles. The van der Waals surface area contributed by atoms with Gasteiger partial charge in [0, 0.05) is 17.1 Å². The Morgan fingerprint density at radius 3 is 2.67 bits per heavy atom. The van der Waals surface area contributed by atoms with E-state index in [0.717, 1.165) is 0 Å². The average Bonchev–Trinajstić information content (AvgIpc) is 3.16. The SMILES string of the molecule is O=C(O)C12CNCCC1=Cc1c(c(S(=O)(=O)c3cccc(Cl)c3)nn1-c1ccc(F)cc1)C2. The number of halogens is 2. The van der Waals surface area contributed by atoms with Gasteiger partial charge in [0.25, 0.3) is 0 Å². The van der Waals surface area contributed by atoms with Crippen LogP contribution in [0.15, 0.2) is 64.0 Å². The van der Waals surface area contributed by atoms with Crippen molar-refractivity contribution in [3.63, 3.8) is 0 Å². The van der Waals surface area contributed by atoms with Crippen LogP contribution in [-0.2, 0) is 21.1 Å². The maximum atomic E-state index is 13.6. The van der Waals surface area contributed by atoms with Crippen LogP contribution in [0.4, 0.5) is 4.39 Å². The fraction of sp³-hybridized carbons (Fsp3) is 0.217. The summed E-state index contributed by atoms with van der Waals surface area (Å²) >= 11 is 6.03. The number of fused-ring (bicyclic) bond motifs is 2. The fourth-order valence-corrected chi connectivity index (χ4v) is 6.23. The summed E-state index contributed by atoms with van der Waals surface area (Å²) in [4.78, 5) is 12.4. The average molecular weight is 488 g/mol. The number of aliphatic carboxylic acids is 1. The van der Waals surface area contributed by atoms with Crippen LogP contribution in [0.2, 0.25) is 5.02 Å². The highest BCUT2D eigenvalue weighted by Crippen LogP contribution is 2.45. The number of carboxylic acids is 1. The lowest BCUT2D eigenvalue weighted by Gasteiger charge is -2.39. The molecule has 33 heavy (non-hydrogen) atoms. The van der Waals surface area contributed by atoms with E-state index in [9.17, 15) is 22.7 Å². The van der Waals surface area contributed by atoms with Crippen molar-refractivity contribution in [1.82, 2.24) is 15.1 Å². The number of nitrogens with zero attached hydrogens (tertiary/aromatic N) is 2. The van der Waals surface area contributed by atoms with E-state index >= 15 is 0 Å². The molecule has 1 fully saturated rings. The summed E-state index contributed by atoms with van der Waals surface area (Å²) in [6.07, 6.45) is 2.20. The van der Waals surface area contributed by atoms with Gasteiger partial charge in [0.1, 0.15) is 11.2 Å². The fourth-order valence-electron chi connectivity index (χ4n) is 4.52. The Balaban J connectivity index is 1.78. The second kappa shape index (κ2) is 7.79. The van der Waals surface area contributed by atoms with Crippen molar-refractivity contribution < 1.29 is 22.7 Å². The van der Waals surface area contributed by atoms with E-state index in [1.54, 1.807) is 12.1 Å². The van der Waals surface area contributed by atoms with Crippen LogP contribution in [0.1, 0.15) is 17.7 Å². The number of benzene rings is 2. The van der Waals surface area contributed by atoms with Crippen LogP contribution in [0.3, 0.4) is 0 Å². The standard InChI is InChI=1S/C23H19ClFN3O4S/c24-15-2-1-3-18(11-15)33(31,32)21-19-12-23(22(29)30)13-26-9-8-14(23)10-20(19)28(27-21)17-6-4-16(25)5-7-17/h1-7,10-11,26H,8-9,12-13H2,(H,29,30). The second-order valence-corrected chi connectivity index (χ2v) is 10.5. The Kier molecular flexibility index (Phi) is 5.15. The van der Waals surface area contributed by atoms with Crippen molar-refractivity contribution in [2.45, 2.75) is 22.8 Å². The predicted octanol–water partition coefficient (Wildman–Crippen LogP) is 3.50. The highest BCUT2D eigenvalue weighted by atomic mass is 35.5. The molecule has 0 amide bonds. The third kappa shape index (κ3) is 3.47. The first kappa shape index (κ1) is 21.8. The van der Waals surface area contributed by atoms with Crippen LogP contribution < -0.4 is 5.32 Å². The molecule has 3 aromatic rings. The first-order valence-corrected chi connectivity index (χ1v) is 12.1. The molecule has 7 nitrogen and oxygen atoms in total. The van der Waals surface area contributed by atoms with Crippen molar-refractivity contribution in [1.29, 1.82) is 0 Å². The highest BCUT2D eigenvalue weighted by molar-refractivity contribution is 7.91. The highest BCUT2D eigenvalue weighted by Gasteiger charge is 2.48. The molecule has 1 aliphatic carbocycles. The Bertz CT molecular complexity index is 1420. The number of carboxylic acid groups (broad SMARTS) is 1. The molecular formula is C23H19ClFN3O4S. The molecule has 2 aromatic carbocycles. The maximum absolute atomic E-state index is 13.6. The minimum atomic E-state index is -4.12. The van der Waals surface area contributed by atoms with Crippen LogP contribution in [0, 0.1) is 11.2 Å². The molecule has 0 saturated carbocycles. The van der Waals surface area contributed by atoms with Crippen molar-refractivity contribution in [2.24, 2.45) is 5.41 Å². The largest absolute Gasteiger partial charge is 0.481 e. The number of hydrogen-bond acceptors (Lipinski definition) is 5. The van der Waals surface area contributed by atoms with Gasteiger partial charge in [-0.3, -0.25) is 4.79 Å². The third-order valence-corrected chi connectivity index (χ3v) is 8.18. The van der Waals surface area contributed by atoms with Crippen LogP contribution >= 0.6 is 11.6 Å². The summed E-state index contributed by atoms with van der Waals surface area (Å²) < 4.78 is 42.2. The van der Waals surface area contributed by atoms with Gasteiger partial charge >= 0.3 is 5.97 Å². The molecule has 0 bridgehead atoms. The normalized spacial score (nSPS) is 20.0. The Morgan fingerprint density at radius 2 is 1.97 bits per heavy atom. The van der Waals surface area contributed by atoms with E-state index in [1.165, 1.54) is 47.1 Å². The van der Waals surface area contributed by atoms with Crippen molar-refractivity contribution in [3.05, 3.63) is 76.2 Å². The summed E-state index contributed by atoms with van der Waals surface area (Å²) in [6.45, 7) is 0.806. The van der Waals surface area contributed by atoms with Crippen molar-refractivity contribution in [2.75, 3.05) is 13.1 Å². The molecule has 1 unspecified atom stereocenters. The minimum absolute atomic E-state index is 0.0349. The molecule has 2 heterocycles. The molecule has 1 aromatic heterocycles. The van der Waals surface area contributed by atoms with E-state index < -0.39 is 27.0 Å². The number of nitrogens with one attached hydrogen (secondary N) is 1. The summed E-state index contributed by atoms with van der Waals surface area (Å²) in [5.41, 5.74) is 0.704. The quantitative estimate of drug-likeness (QED) is 0.584. The van der Waals surface area contributed by atoms with Gasteiger partial charge in [-0.15, -0.1) is 0 Å². The maximum Gasteiger partial charge on any atom is 0.315 e. The number of sulfone groups is 1. The number of aromatic nitrogens is 2. The molecule has 170 valence electrons. The van der Waals surface area contributed by atoms with Gasteiger partial charge in [-0.05, 0) is 73.5 Å². The molecule has 2 aliphatic rings. The zero-order chi connectivity index (χ0) is 23.4. The van der Waals surface area contributed by atoms with E-state index in [2.05, 4.69) is 10.4 Å². The molecule has 1 atom stereocenters. The molecule has 0 radical (unpaired) electrons. The van der Waals surface area contributed by atoms with E-state index in [4.69, 9.17) is 11.6 Å². The van der Waals surface area contributed by atoms with E-state index in [1.807, 2.05) is 0 Å². The van der Waals surface area contributed by atoms with Crippen LogP contribution in [-0.4, -0.2) is 42.4 Å². The number of hydrogen-bond donors (Lipinski definition) is 2. The number of piperidine rings is 1. The first-order chi connectivity index (χ1) is 15.7. The molecule has 10 heteroatoms. The minimum Gasteiger partial charge on any atom is -0.481 e. The van der Waals surface area contributed by atoms with Crippen LogP contribution in [0.25, 0.3) is 11.8 Å². The van der Waals surface area contributed by atoms with Gasteiger partial charge < -0.3 is 10.4 Å². The lowest BCUT2D eigenvalue weighted by Crippen LogP contribution is -2.49. The lowest BCUT2D eigenvalue weighted by molar-refractivity contribution is -0.147. The Labute approximate surface area is 194 Å². The number of carbonyl (C=O) groups is 1. The van der Waals surface area contributed by atoms with Crippen molar-refractivity contribution >= 4 is 33.5 Å². The van der Waals surface area contributed by atoms with Gasteiger partial charge in [-0.1, -0.05) is 17.7 Å². The van der Waals surface area contributed by atoms with Gasteiger partial charge in [-0.25, -0.2) is 17.5 Å². The van der Waals surface area contributed by atoms with E-state index in [-0.39, 0.29) is 27.9 Å². The van der Waals surface area contributed by atoms with Crippen molar-refractivity contribution in [3.8, 4) is 5.69 Å². The first-order valence-electron chi connectivity index (χ1n) is 10.3. The monoisotopic (exact) mass is 487 g/mol. The van der Waals surface area contributed by atoms with Gasteiger partial charge in [-0.2, -0.15) is 5.10 Å². The van der Waals surface area contributed by atoms with Gasteiger partial charge in [0.05, 0.1) is 16.3 Å². The lowest BCUT2D eigenvalue weighted by atomic mass is 9.69. The Morgan fingerprint density at radius 1 is 1.21 bits per heavy atom. The third-order valence-electron chi connectivity index (χ3n) is 6.23. The molecular weight excluding hydrogens is 469 g/mol. The summed E-state index contributed by atoms with van der Waals surface area (Å²) in [7, 11) is -4.12. The summed E-state index contributed by atoms with van der Waals surface area (Å²) in [5.74, 6) is -1.46. The van der Waals surface area contributed by atoms with Gasteiger partial charge in [0.15, 0.2) is 5.03 Å². The molecule has 5 rings (SSSR count). The Hall–Kier alpha value is -3.01. The van der Waals surface area contributed by atoms with Crippen LogP contribution in [0.5, 0.6) is 0 Å². The molecule has 0 spiro atoms. The second-order valence-electron chi connectivity index (χ2n) is 8.18. The summed E-state index contributed by atoms with van der Waals surface area (Å²) in [5, 5.41) is 17.7. The predicted molar refractivity (Wildman–Crippen MR) is 120 cm³/mol. The number of rotatable bonds is 4. The summed E-state index contributed by atoms with van der Waals surface area (Å²) in [6, 6.07) is 11.4. The molecule has 2 N–H and O–H groups in total. The zero-order valence-corrected chi connectivity index (χ0v) is 18.8. The molecule has 1 aliphatic heterocycles. The topological polar surface area (TPSA) is 101 Å². The van der Waals surface area contributed by atoms with E-state index in [0.29, 0.717) is 35.5 Å². The smallest absolute Gasteiger partial charge is 0.315 e. The zero-order valence-electron chi connectivity index (χ0n) is 17.3.